The van der Waals surface area contributed by atoms with Crippen molar-refractivity contribution in [2.24, 2.45) is 11.8 Å². The Kier molecular flexibility index (Phi) is 6.62. The first-order valence-electron chi connectivity index (χ1n) is 9.44. The minimum absolute atomic E-state index is 0.0121. The van der Waals surface area contributed by atoms with E-state index in [1.807, 2.05) is 0 Å². The third kappa shape index (κ3) is 5.28. The molecule has 2 aliphatic rings. The lowest BCUT2D eigenvalue weighted by Gasteiger charge is -2.28. The summed E-state index contributed by atoms with van der Waals surface area (Å²) in [4.78, 5) is 26.9. The number of aromatic nitrogens is 1. The van der Waals surface area contributed by atoms with Crippen molar-refractivity contribution in [1.29, 1.82) is 0 Å². The monoisotopic (exact) mass is 364 g/mol. The molecule has 1 aliphatic heterocycles. The molecule has 3 rings (SSSR count). The van der Waals surface area contributed by atoms with Crippen LogP contribution in [0.5, 0.6) is 0 Å². The van der Waals surface area contributed by atoms with Crippen LogP contribution in [0.2, 0.25) is 0 Å². The number of nitrogens with one attached hydrogen (secondary N) is 2. The molecule has 8 heteroatoms. The Bertz CT molecular complexity index is 604. The SMILES string of the molecule is Cc1cc(NC(=O)C2CCC(C(=O)NCCN3CCOCC3)CC2)no1. The molecule has 2 amide bonds. The molecule has 1 aromatic heterocycles. The van der Waals surface area contributed by atoms with Gasteiger partial charge in [-0.1, -0.05) is 5.16 Å². The molecule has 1 aromatic rings. The maximum absolute atomic E-state index is 12.3. The van der Waals surface area contributed by atoms with Crippen LogP contribution in [0.25, 0.3) is 0 Å². The molecular weight excluding hydrogens is 336 g/mol. The number of morpholine rings is 1. The second-order valence-electron chi connectivity index (χ2n) is 7.11. The van der Waals surface area contributed by atoms with Crippen LogP contribution in [0.3, 0.4) is 0 Å². The fourth-order valence-electron chi connectivity index (χ4n) is 3.58. The van der Waals surface area contributed by atoms with Crippen molar-refractivity contribution in [3.63, 3.8) is 0 Å². The number of carbonyl (C=O) groups excluding carboxylic acids is 2. The number of amides is 2. The molecule has 1 saturated carbocycles. The van der Waals surface area contributed by atoms with E-state index in [0.29, 0.717) is 18.1 Å². The zero-order valence-corrected chi connectivity index (χ0v) is 15.3. The molecule has 0 aromatic carbocycles. The van der Waals surface area contributed by atoms with Gasteiger partial charge in [-0.3, -0.25) is 14.5 Å². The Labute approximate surface area is 153 Å². The van der Waals surface area contributed by atoms with Gasteiger partial charge in [-0.05, 0) is 32.6 Å². The maximum atomic E-state index is 12.3. The van der Waals surface area contributed by atoms with Gasteiger partial charge in [-0.25, -0.2) is 0 Å². The molecule has 144 valence electrons. The highest BCUT2D eigenvalue weighted by Gasteiger charge is 2.30. The predicted octanol–water partition coefficient (Wildman–Crippen LogP) is 1.18. The standard InChI is InChI=1S/C18H28N4O4/c1-13-12-16(21-26-13)20-18(24)15-4-2-14(3-5-15)17(23)19-6-7-22-8-10-25-11-9-22/h12,14-15H,2-11H2,1H3,(H,19,23)(H,20,21,24). The fourth-order valence-corrected chi connectivity index (χ4v) is 3.58. The number of anilines is 1. The minimum Gasteiger partial charge on any atom is -0.379 e. The normalized spacial score (nSPS) is 24.2. The van der Waals surface area contributed by atoms with Crippen LogP contribution in [-0.4, -0.2) is 61.3 Å². The molecule has 0 unspecified atom stereocenters. The number of hydrogen-bond donors (Lipinski definition) is 2. The lowest BCUT2D eigenvalue weighted by atomic mass is 9.81. The Balaban J connectivity index is 1.34. The van der Waals surface area contributed by atoms with E-state index in [0.717, 1.165) is 58.5 Å². The lowest BCUT2D eigenvalue weighted by molar-refractivity contribution is -0.128. The summed E-state index contributed by atoms with van der Waals surface area (Å²) in [5, 5.41) is 9.61. The van der Waals surface area contributed by atoms with Gasteiger partial charge in [0.1, 0.15) is 5.76 Å². The van der Waals surface area contributed by atoms with E-state index in [2.05, 4.69) is 20.7 Å². The highest BCUT2D eigenvalue weighted by molar-refractivity contribution is 5.91. The fraction of sp³-hybridized carbons (Fsp3) is 0.722. The summed E-state index contributed by atoms with van der Waals surface area (Å²) in [6.45, 7) is 6.73. The van der Waals surface area contributed by atoms with Gasteiger partial charge in [0.2, 0.25) is 11.8 Å². The Morgan fingerprint density at radius 2 is 1.81 bits per heavy atom. The molecule has 0 bridgehead atoms. The molecule has 0 atom stereocenters. The van der Waals surface area contributed by atoms with Crippen molar-refractivity contribution < 1.29 is 18.8 Å². The van der Waals surface area contributed by atoms with Gasteiger partial charge < -0.3 is 19.9 Å². The zero-order valence-electron chi connectivity index (χ0n) is 15.3. The summed E-state index contributed by atoms with van der Waals surface area (Å²) in [6, 6.07) is 1.70. The van der Waals surface area contributed by atoms with Gasteiger partial charge in [-0.15, -0.1) is 0 Å². The van der Waals surface area contributed by atoms with Crippen LogP contribution < -0.4 is 10.6 Å². The Morgan fingerprint density at radius 3 is 2.42 bits per heavy atom. The molecule has 2 heterocycles. The van der Waals surface area contributed by atoms with Crippen LogP contribution in [0.4, 0.5) is 5.82 Å². The second kappa shape index (κ2) is 9.14. The average Bonchev–Trinajstić information content (AvgIpc) is 3.07. The summed E-state index contributed by atoms with van der Waals surface area (Å²) in [7, 11) is 0. The van der Waals surface area contributed by atoms with Gasteiger partial charge in [0, 0.05) is 44.1 Å². The summed E-state index contributed by atoms with van der Waals surface area (Å²) in [5.41, 5.74) is 0. The molecule has 1 saturated heterocycles. The third-order valence-corrected chi connectivity index (χ3v) is 5.18. The summed E-state index contributed by atoms with van der Waals surface area (Å²) in [5.74, 6) is 1.14. The zero-order chi connectivity index (χ0) is 18.4. The van der Waals surface area contributed by atoms with E-state index < -0.39 is 0 Å². The molecule has 0 radical (unpaired) electrons. The average molecular weight is 364 g/mol. The Morgan fingerprint density at radius 1 is 1.15 bits per heavy atom. The molecular formula is C18H28N4O4. The van der Waals surface area contributed by atoms with Gasteiger partial charge >= 0.3 is 0 Å². The summed E-state index contributed by atoms with van der Waals surface area (Å²) in [6.07, 6.45) is 2.95. The first-order valence-corrected chi connectivity index (χ1v) is 9.44. The number of rotatable bonds is 6. The largest absolute Gasteiger partial charge is 0.379 e. The van der Waals surface area contributed by atoms with Crippen molar-refractivity contribution in [3.05, 3.63) is 11.8 Å². The summed E-state index contributed by atoms with van der Waals surface area (Å²) >= 11 is 0. The van der Waals surface area contributed by atoms with E-state index in [4.69, 9.17) is 9.26 Å². The van der Waals surface area contributed by atoms with Crippen LogP contribution in [0, 0.1) is 18.8 Å². The van der Waals surface area contributed by atoms with E-state index in [9.17, 15) is 9.59 Å². The van der Waals surface area contributed by atoms with E-state index >= 15 is 0 Å². The first kappa shape index (κ1) is 18.8. The molecule has 1 aliphatic carbocycles. The van der Waals surface area contributed by atoms with Gasteiger partial charge in [0.25, 0.3) is 0 Å². The van der Waals surface area contributed by atoms with Crippen LogP contribution >= 0.6 is 0 Å². The lowest BCUT2D eigenvalue weighted by Crippen LogP contribution is -2.43. The first-order chi connectivity index (χ1) is 12.6. The highest BCUT2D eigenvalue weighted by Crippen LogP contribution is 2.29. The van der Waals surface area contributed by atoms with E-state index in [-0.39, 0.29) is 23.7 Å². The molecule has 2 fully saturated rings. The van der Waals surface area contributed by atoms with Gasteiger partial charge in [0.15, 0.2) is 5.82 Å². The number of carbonyl (C=O) groups is 2. The van der Waals surface area contributed by atoms with Crippen molar-refractivity contribution in [2.75, 3.05) is 44.7 Å². The van der Waals surface area contributed by atoms with Crippen LogP contribution in [0.1, 0.15) is 31.4 Å². The number of hydrogen-bond acceptors (Lipinski definition) is 6. The Hall–Kier alpha value is -1.93. The predicted molar refractivity (Wildman–Crippen MR) is 95.6 cm³/mol. The number of ether oxygens (including phenoxy) is 1. The number of nitrogens with zero attached hydrogens (tertiary/aromatic N) is 2. The van der Waals surface area contributed by atoms with Crippen LogP contribution in [-0.2, 0) is 14.3 Å². The number of aryl methyl sites for hydroxylation is 1. The smallest absolute Gasteiger partial charge is 0.228 e. The third-order valence-electron chi connectivity index (χ3n) is 5.18. The quantitative estimate of drug-likeness (QED) is 0.787. The van der Waals surface area contributed by atoms with Crippen molar-refractivity contribution in [3.8, 4) is 0 Å². The molecule has 26 heavy (non-hydrogen) atoms. The van der Waals surface area contributed by atoms with Crippen molar-refractivity contribution in [1.82, 2.24) is 15.4 Å². The van der Waals surface area contributed by atoms with E-state index in [1.54, 1.807) is 13.0 Å². The van der Waals surface area contributed by atoms with Crippen molar-refractivity contribution >= 4 is 17.6 Å². The summed E-state index contributed by atoms with van der Waals surface area (Å²) < 4.78 is 10.3. The maximum Gasteiger partial charge on any atom is 0.228 e. The molecule has 0 spiro atoms. The van der Waals surface area contributed by atoms with Crippen molar-refractivity contribution in [2.45, 2.75) is 32.6 Å². The van der Waals surface area contributed by atoms with Gasteiger partial charge in [0.05, 0.1) is 13.2 Å². The minimum atomic E-state index is -0.0654. The highest BCUT2D eigenvalue weighted by atomic mass is 16.5. The van der Waals surface area contributed by atoms with Gasteiger partial charge in [-0.2, -0.15) is 0 Å². The van der Waals surface area contributed by atoms with E-state index in [1.165, 1.54) is 0 Å². The van der Waals surface area contributed by atoms with Crippen LogP contribution in [0.15, 0.2) is 10.6 Å². The molecule has 2 N–H and O–H groups in total. The molecule has 8 nitrogen and oxygen atoms in total. The topological polar surface area (TPSA) is 96.7 Å². The second-order valence-corrected chi connectivity index (χ2v) is 7.11.